The molecule has 0 fully saturated rings. The van der Waals surface area contributed by atoms with Crippen LogP contribution in [0.2, 0.25) is 5.02 Å². The van der Waals surface area contributed by atoms with Crippen LogP contribution in [0.3, 0.4) is 0 Å². The average Bonchev–Trinajstić information content (AvgIpc) is 2.32. The second-order valence-corrected chi connectivity index (χ2v) is 6.85. The summed E-state index contributed by atoms with van der Waals surface area (Å²) in [6.07, 6.45) is 0. The van der Waals surface area contributed by atoms with E-state index in [9.17, 15) is 12.8 Å². The van der Waals surface area contributed by atoms with Crippen LogP contribution >= 0.6 is 27.5 Å². The molecule has 8 heteroatoms. The number of hydrogen-bond donors (Lipinski definition) is 1. The third-order valence-electron chi connectivity index (χ3n) is 2.48. The zero-order chi connectivity index (χ0) is 14.9. The summed E-state index contributed by atoms with van der Waals surface area (Å²) in [5.41, 5.74) is 0.750. The highest BCUT2D eigenvalue weighted by atomic mass is 79.9. The summed E-state index contributed by atoms with van der Waals surface area (Å²) in [6, 6.07) is 6.50. The summed E-state index contributed by atoms with van der Waals surface area (Å²) in [4.78, 5) is 3.59. The summed E-state index contributed by atoms with van der Waals surface area (Å²) >= 11 is 8.78. The second-order valence-electron chi connectivity index (χ2n) is 3.95. The van der Waals surface area contributed by atoms with E-state index < -0.39 is 20.7 Å². The molecule has 20 heavy (non-hydrogen) atoms. The third-order valence-corrected chi connectivity index (χ3v) is 4.56. The van der Waals surface area contributed by atoms with Crippen molar-refractivity contribution in [3.8, 4) is 0 Å². The van der Waals surface area contributed by atoms with Gasteiger partial charge in [-0.1, -0.05) is 11.6 Å². The minimum atomic E-state index is -4.04. The van der Waals surface area contributed by atoms with Crippen molar-refractivity contribution in [2.45, 2.75) is 11.8 Å². The Kier molecular flexibility index (Phi) is 4.31. The Balaban J connectivity index is 2.41. The Labute approximate surface area is 129 Å². The molecular formula is C12H9BrClFN2O2S. The van der Waals surface area contributed by atoms with E-state index in [1.807, 2.05) is 0 Å². The van der Waals surface area contributed by atoms with Crippen LogP contribution in [0.1, 0.15) is 5.69 Å². The minimum absolute atomic E-state index is 0.128. The number of aromatic nitrogens is 1. The zero-order valence-corrected chi connectivity index (χ0v) is 13.4. The molecule has 0 saturated heterocycles. The number of benzene rings is 1. The molecule has 4 nitrogen and oxygen atoms in total. The van der Waals surface area contributed by atoms with Gasteiger partial charge in [0.1, 0.15) is 15.3 Å². The summed E-state index contributed by atoms with van der Waals surface area (Å²) in [5, 5.41) is 0.128. The van der Waals surface area contributed by atoms with E-state index in [1.54, 1.807) is 13.0 Å². The molecular weight excluding hydrogens is 371 g/mol. The molecule has 0 atom stereocenters. The fourth-order valence-electron chi connectivity index (χ4n) is 1.53. The predicted octanol–water partition coefficient (Wildman–Crippen LogP) is 3.75. The van der Waals surface area contributed by atoms with Gasteiger partial charge in [-0.15, -0.1) is 0 Å². The van der Waals surface area contributed by atoms with Gasteiger partial charge in [0, 0.05) is 5.02 Å². The van der Waals surface area contributed by atoms with Gasteiger partial charge in [-0.25, -0.2) is 17.8 Å². The Morgan fingerprint density at radius 3 is 2.60 bits per heavy atom. The Morgan fingerprint density at radius 2 is 2.00 bits per heavy atom. The van der Waals surface area contributed by atoms with Gasteiger partial charge >= 0.3 is 0 Å². The third kappa shape index (κ3) is 3.28. The molecule has 0 bridgehead atoms. The molecule has 0 radical (unpaired) electrons. The van der Waals surface area contributed by atoms with Gasteiger partial charge in [-0.3, -0.25) is 4.72 Å². The molecule has 1 N–H and O–H groups in total. The van der Waals surface area contributed by atoms with Crippen LogP contribution in [0, 0.1) is 12.7 Å². The molecule has 2 aromatic rings. The number of rotatable bonds is 3. The topological polar surface area (TPSA) is 59.1 Å². The van der Waals surface area contributed by atoms with Crippen molar-refractivity contribution in [2.75, 3.05) is 4.72 Å². The van der Waals surface area contributed by atoms with E-state index >= 15 is 0 Å². The molecule has 1 heterocycles. The van der Waals surface area contributed by atoms with E-state index in [0.29, 0.717) is 10.3 Å². The molecule has 0 aliphatic carbocycles. The smallest absolute Gasteiger partial charge is 0.264 e. The van der Waals surface area contributed by atoms with Gasteiger partial charge in [-0.2, -0.15) is 0 Å². The quantitative estimate of drug-likeness (QED) is 0.826. The summed E-state index contributed by atoms with van der Waals surface area (Å²) in [6.45, 7) is 1.64. The van der Waals surface area contributed by atoms with Crippen LogP contribution in [-0.2, 0) is 10.0 Å². The van der Waals surface area contributed by atoms with Crippen LogP contribution in [0.15, 0.2) is 39.8 Å². The lowest BCUT2D eigenvalue weighted by Crippen LogP contribution is -2.15. The monoisotopic (exact) mass is 378 g/mol. The van der Waals surface area contributed by atoms with Crippen LogP contribution in [-0.4, -0.2) is 13.4 Å². The van der Waals surface area contributed by atoms with Gasteiger partial charge in [0.05, 0.1) is 11.4 Å². The summed E-state index contributed by atoms with van der Waals surface area (Å²) < 4.78 is 40.8. The van der Waals surface area contributed by atoms with E-state index in [2.05, 4.69) is 25.6 Å². The first kappa shape index (κ1) is 15.2. The molecule has 0 unspecified atom stereocenters. The fourth-order valence-corrected chi connectivity index (χ4v) is 3.27. The Hall–Kier alpha value is -1.18. The van der Waals surface area contributed by atoms with Crippen molar-refractivity contribution in [1.82, 2.24) is 4.98 Å². The SMILES string of the molecule is Cc1nc(Br)ccc1NS(=O)(=O)c1ccc(Cl)cc1F. The van der Waals surface area contributed by atoms with Crippen LogP contribution < -0.4 is 4.72 Å². The Bertz CT molecular complexity index is 768. The van der Waals surface area contributed by atoms with E-state index in [4.69, 9.17) is 11.6 Å². The number of nitrogens with one attached hydrogen (secondary N) is 1. The van der Waals surface area contributed by atoms with E-state index in [0.717, 1.165) is 12.1 Å². The molecule has 1 aromatic heterocycles. The van der Waals surface area contributed by atoms with Crippen molar-refractivity contribution >= 4 is 43.2 Å². The fraction of sp³-hybridized carbons (Fsp3) is 0.0833. The first-order valence-electron chi connectivity index (χ1n) is 5.40. The van der Waals surface area contributed by atoms with Gasteiger partial charge < -0.3 is 0 Å². The predicted molar refractivity (Wildman–Crippen MR) is 78.9 cm³/mol. The number of aryl methyl sites for hydroxylation is 1. The maximum absolute atomic E-state index is 13.7. The van der Waals surface area contributed by atoms with Gasteiger partial charge in [0.15, 0.2) is 0 Å². The Morgan fingerprint density at radius 1 is 1.30 bits per heavy atom. The van der Waals surface area contributed by atoms with Crippen molar-refractivity contribution in [2.24, 2.45) is 0 Å². The molecule has 0 saturated carbocycles. The highest BCUT2D eigenvalue weighted by Gasteiger charge is 2.20. The first-order chi connectivity index (χ1) is 9.29. The van der Waals surface area contributed by atoms with Crippen LogP contribution in [0.5, 0.6) is 0 Å². The lowest BCUT2D eigenvalue weighted by molar-refractivity contribution is 0.570. The summed E-state index contributed by atoms with van der Waals surface area (Å²) in [7, 11) is -4.04. The summed E-state index contributed by atoms with van der Waals surface area (Å²) in [5.74, 6) is -0.910. The molecule has 1 aromatic carbocycles. The van der Waals surface area contributed by atoms with Gasteiger partial charge in [0.2, 0.25) is 0 Å². The average molecular weight is 380 g/mol. The number of hydrogen-bond acceptors (Lipinski definition) is 3. The lowest BCUT2D eigenvalue weighted by Gasteiger charge is -2.11. The van der Waals surface area contributed by atoms with Gasteiger partial charge in [0.25, 0.3) is 10.0 Å². The highest BCUT2D eigenvalue weighted by Crippen LogP contribution is 2.23. The van der Waals surface area contributed by atoms with Crippen molar-refractivity contribution in [3.05, 3.63) is 51.5 Å². The standard InChI is InChI=1S/C12H9BrClFN2O2S/c1-7-10(3-5-12(13)16-7)17-20(18,19)11-4-2-8(14)6-9(11)15/h2-6,17H,1H3. The van der Waals surface area contributed by atoms with Gasteiger partial charge in [-0.05, 0) is 53.2 Å². The first-order valence-corrected chi connectivity index (χ1v) is 8.06. The number of pyridine rings is 1. The molecule has 0 aliphatic heterocycles. The number of sulfonamides is 1. The number of halogens is 3. The molecule has 2 rings (SSSR count). The minimum Gasteiger partial charge on any atom is -0.278 e. The molecule has 0 spiro atoms. The van der Waals surface area contributed by atoms with E-state index in [1.165, 1.54) is 12.1 Å². The lowest BCUT2D eigenvalue weighted by atomic mass is 10.3. The second kappa shape index (κ2) is 5.67. The molecule has 0 amide bonds. The maximum atomic E-state index is 13.7. The van der Waals surface area contributed by atoms with Crippen LogP contribution in [0.4, 0.5) is 10.1 Å². The largest absolute Gasteiger partial charge is 0.278 e. The maximum Gasteiger partial charge on any atom is 0.264 e. The normalized spacial score (nSPS) is 11.4. The molecule has 0 aliphatic rings. The van der Waals surface area contributed by atoms with Crippen molar-refractivity contribution in [1.29, 1.82) is 0 Å². The highest BCUT2D eigenvalue weighted by molar-refractivity contribution is 9.10. The molecule has 106 valence electrons. The van der Waals surface area contributed by atoms with Crippen LogP contribution in [0.25, 0.3) is 0 Å². The number of nitrogens with zero attached hydrogens (tertiary/aromatic N) is 1. The van der Waals surface area contributed by atoms with Crippen molar-refractivity contribution < 1.29 is 12.8 Å². The van der Waals surface area contributed by atoms with E-state index in [-0.39, 0.29) is 10.7 Å². The zero-order valence-electron chi connectivity index (χ0n) is 10.2. The number of anilines is 1. The van der Waals surface area contributed by atoms with Crippen molar-refractivity contribution in [3.63, 3.8) is 0 Å².